The summed E-state index contributed by atoms with van der Waals surface area (Å²) >= 11 is 0. The van der Waals surface area contributed by atoms with E-state index in [-0.39, 0.29) is 0 Å². The lowest BCUT2D eigenvalue weighted by atomic mass is 10.2. The quantitative estimate of drug-likeness (QED) is 0.515. The van der Waals surface area contributed by atoms with Gasteiger partial charge in [0.05, 0.1) is 0 Å². The van der Waals surface area contributed by atoms with Gasteiger partial charge in [0.15, 0.2) is 0 Å². The highest BCUT2D eigenvalue weighted by molar-refractivity contribution is 5.56. The molecule has 0 spiro atoms. The molecule has 0 fully saturated rings. The molecule has 0 amide bonds. The molecule has 2 aromatic carbocycles. The molecule has 0 N–H and O–H groups in total. The van der Waals surface area contributed by atoms with E-state index in [4.69, 9.17) is 0 Å². The van der Waals surface area contributed by atoms with Crippen LogP contribution in [0.3, 0.4) is 0 Å². The van der Waals surface area contributed by atoms with Gasteiger partial charge in [-0.05, 0) is 11.1 Å². The van der Waals surface area contributed by atoms with E-state index in [9.17, 15) is 0 Å². The minimum absolute atomic E-state index is 1.22. The number of hydrogen-bond acceptors (Lipinski definition) is 0. The van der Waals surface area contributed by atoms with Crippen LogP contribution in [0.15, 0.2) is 123 Å². The predicted molar refractivity (Wildman–Crippen MR) is 112 cm³/mol. The molecule has 0 heteroatoms. The van der Waals surface area contributed by atoms with E-state index in [1.54, 1.807) is 24.3 Å². The van der Waals surface area contributed by atoms with Crippen molar-refractivity contribution in [2.75, 3.05) is 0 Å². The highest BCUT2D eigenvalue weighted by Gasteiger charge is 1.81. The third-order valence-electron chi connectivity index (χ3n) is 2.62. The van der Waals surface area contributed by atoms with Gasteiger partial charge >= 0.3 is 0 Å². The van der Waals surface area contributed by atoms with E-state index in [0.717, 1.165) is 0 Å². The summed E-state index contributed by atoms with van der Waals surface area (Å²) in [6.45, 7) is 13.4. The lowest BCUT2D eigenvalue weighted by Gasteiger charge is -1.90. The molecule has 0 unspecified atom stereocenters. The SMILES string of the molecule is C(C=Cc1ccccc1)=Cc1ccccc1.C=CC=C.C=CC=C. The van der Waals surface area contributed by atoms with Gasteiger partial charge in [0.2, 0.25) is 0 Å². The molecule has 0 saturated heterocycles. The summed E-state index contributed by atoms with van der Waals surface area (Å²) in [5, 5.41) is 0. The van der Waals surface area contributed by atoms with Crippen molar-refractivity contribution in [1.82, 2.24) is 0 Å². The summed E-state index contributed by atoms with van der Waals surface area (Å²) in [5.41, 5.74) is 2.44. The average molecular weight is 314 g/mol. The second-order valence-corrected chi connectivity index (χ2v) is 4.48. The highest BCUT2D eigenvalue weighted by atomic mass is 13.9. The summed E-state index contributed by atoms with van der Waals surface area (Å²) < 4.78 is 0. The van der Waals surface area contributed by atoms with Crippen molar-refractivity contribution in [1.29, 1.82) is 0 Å². The molecule has 0 aliphatic rings. The van der Waals surface area contributed by atoms with E-state index < -0.39 is 0 Å². The Balaban J connectivity index is 0.000000558. The Labute approximate surface area is 147 Å². The lowest BCUT2D eigenvalue weighted by Crippen LogP contribution is -1.68. The molecule has 0 bridgehead atoms. The molecule has 0 aliphatic heterocycles. The maximum Gasteiger partial charge on any atom is -0.0257 e. The van der Waals surface area contributed by atoms with Crippen LogP contribution in [-0.2, 0) is 0 Å². The van der Waals surface area contributed by atoms with Crippen molar-refractivity contribution < 1.29 is 0 Å². The number of rotatable bonds is 5. The van der Waals surface area contributed by atoms with Crippen LogP contribution in [0, 0.1) is 0 Å². The molecule has 24 heavy (non-hydrogen) atoms. The van der Waals surface area contributed by atoms with Crippen LogP contribution >= 0.6 is 0 Å². The van der Waals surface area contributed by atoms with Crippen LogP contribution in [0.1, 0.15) is 11.1 Å². The summed E-state index contributed by atoms with van der Waals surface area (Å²) in [6, 6.07) is 20.6. The van der Waals surface area contributed by atoms with Gasteiger partial charge in [-0.2, -0.15) is 0 Å². The van der Waals surface area contributed by atoms with Crippen LogP contribution in [-0.4, -0.2) is 0 Å². The highest BCUT2D eigenvalue weighted by Crippen LogP contribution is 2.03. The van der Waals surface area contributed by atoms with Crippen molar-refractivity contribution in [2.45, 2.75) is 0 Å². The normalized spacial score (nSPS) is 9.17. The van der Waals surface area contributed by atoms with E-state index in [2.05, 4.69) is 74.9 Å². The molecular weight excluding hydrogens is 288 g/mol. The van der Waals surface area contributed by atoms with Crippen molar-refractivity contribution in [3.05, 3.63) is 135 Å². The molecule has 0 aromatic heterocycles. The third kappa shape index (κ3) is 12.6. The van der Waals surface area contributed by atoms with Crippen molar-refractivity contribution in [2.24, 2.45) is 0 Å². The Bertz CT molecular complexity index is 557. The Morgan fingerprint density at radius 3 is 1.00 bits per heavy atom. The monoisotopic (exact) mass is 314 g/mol. The molecule has 0 atom stereocenters. The second kappa shape index (κ2) is 16.3. The maximum atomic E-state index is 3.36. The molecule has 122 valence electrons. The largest absolute Gasteiger partial charge is 0.0991 e. The van der Waals surface area contributed by atoms with Gasteiger partial charge < -0.3 is 0 Å². The first-order chi connectivity index (χ1) is 11.8. The molecular formula is C24H26. The summed E-state index contributed by atoms with van der Waals surface area (Å²) in [4.78, 5) is 0. The average Bonchev–Trinajstić information content (AvgIpc) is 2.67. The zero-order chi connectivity index (χ0) is 17.9. The van der Waals surface area contributed by atoms with Gasteiger partial charge in [-0.1, -0.05) is 136 Å². The van der Waals surface area contributed by atoms with E-state index in [1.165, 1.54) is 11.1 Å². The molecule has 0 radical (unpaired) electrons. The van der Waals surface area contributed by atoms with Crippen LogP contribution in [0.2, 0.25) is 0 Å². The van der Waals surface area contributed by atoms with Crippen molar-refractivity contribution >= 4 is 12.2 Å². The van der Waals surface area contributed by atoms with Crippen LogP contribution in [0.4, 0.5) is 0 Å². The fourth-order valence-corrected chi connectivity index (χ4v) is 1.46. The van der Waals surface area contributed by atoms with Gasteiger partial charge in [0.1, 0.15) is 0 Å². The lowest BCUT2D eigenvalue weighted by molar-refractivity contribution is 1.65. The maximum absolute atomic E-state index is 3.36. The van der Waals surface area contributed by atoms with Gasteiger partial charge in [-0.15, -0.1) is 0 Å². The molecule has 2 aromatic rings. The first-order valence-corrected chi connectivity index (χ1v) is 7.70. The topological polar surface area (TPSA) is 0 Å². The zero-order valence-electron chi connectivity index (χ0n) is 14.2. The minimum atomic E-state index is 1.22. The van der Waals surface area contributed by atoms with E-state index >= 15 is 0 Å². The van der Waals surface area contributed by atoms with Gasteiger partial charge in [-0.3, -0.25) is 0 Å². The van der Waals surface area contributed by atoms with Crippen molar-refractivity contribution in [3.63, 3.8) is 0 Å². The summed E-state index contributed by atoms with van der Waals surface area (Å²) in [7, 11) is 0. The summed E-state index contributed by atoms with van der Waals surface area (Å²) in [6.07, 6.45) is 14.9. The molecule has 2 rings (SSSR count). The van der Waals surface area contributed by atoms with Crippen LogP contribution in [0.25, 0.3) is 12.2 Å². The Morgan fingerprint density at radius 2 is 0.750 bits per heavy atom. The van der Waals surface area contributed by atoms with Crippen molar-refractivity contribution in [3.8, 4) is 0 Å². The number of benzene rings is 2. The minimum Gasteiger partial charge on any atom is -0.0991 e. The fraction of sp³-hybridized carbons (Fsp3) is 0. The Morgan fingerprint density at radius 1 is 0.458 bits per heavy atom. The first-order valence-electron chi connectivity index (χ1n) is 7.70. The van der Waals surface area contributed by atoms with Gasteiger partial charge in [0.25, 0.3) is 0 Å². The third-order valence-corrected chi connectivity index (χ3v) is 2.62. The molecule has 0 saturated carbocycles. The van der Waals surface area contributed by atoms with Crippen LogP contribution in [0.5, 0.6) is 0 Å². The standard InChI is InChI=1S/C16H14.2C4H6/c1-3-9-15(10-4-1)13-7-8-14-16-11-5-2-6-12-16;2*1-3-4-2/h1-14H;2*3-4H,1-2H2. The Kier molecular flexibility index (Phi) is 14.1. The summed E-state index contributed by atoms with van der Waals surface area (Å²) in [5.74, 6) is 0. The molecule has 0 nitrogen and oxygen atoms in total. The van der Waals surface area contributed by atoms with Gasteiger partial charge in [-0.25, -0.2) is 0 Å². The second-order valence-electron chi connectivity index (χ2n) is 4.48. The van der Waals surface area contributed by atoms with E-state index in [0.29, 0.717) is 0 Å². The van der Waals surface area contributed by atoms with E-state index in [1.807, 2.05) is 36.4 Å². The Hall–Kier alpha value is -3.12. The molecule has 0 heterocycles. The zero-order valence-corrected chi connectivity index (χ0v) is 14.2. The predicted octanol–water partition coefficient (Wildman–Crippen LogP) is 7.13. The van der Waals surface area contributed by atoms with Crippen LogP contribution < -0.4 is 0 Å². The smallest absolute Gasteiger partial charge is 0.0257 e. The number of hydrogen-bond donors (Lipinski definition) is 0. The molecule has 0 aliphatic carbocycles. The first kappa shape index (κ1) is 20.9. The number of allylic oxidation sites excluding steroid dienone is 6. The van der Waals surface area contributed by atoms with Gasteiger partial charge in [0, 0.05) is 0 Å². The fourth-order valence-electron chi connectivity index (χ4n) is 1.46.